The molecule has 3 N–H and O–H groups in total. The number of hydrogen-bond donors (Lipinski definition) is 2. The van der Waals surface area contributed by atoms with Crippen molar-refractivity contribution < 1.29 is 9.53 Å². The van der Waals surface area contributed by atoms with Crippen molar-refractivity contribution in [2.75, 3.05) is 6.54 Å². The van der Waals surface area contributed by atoms with Crippen LogP contribution in [0, 0.1) is 0 Å². The molecule has 0 aliphatic heterocycles. The molecule has 20 heavy (non-hydrogen) atoms. The zero-order chi connectivity index (χ0) is 14.8. The summed E-state index contributed by atoms with van der Waals surface area (Å²) in [4.78, 5) is 15.9. The molecule has 2 rings (SSSR count). The van der Waals surface area contributed by atoms with Crippen molar-refractivity contribution in [1.82, 2.24) is 10.3 Å². The molecule has 0 radical (unpaired) electrons. The van der Waals surface area contributed by atoms with Gasteiger partial charge in [0, 0.05) is 30.4 Å². The van der Waals surface area contributed by atoms with Crippen molar-refractivity contribution >= 4 is 6.09 Å². The fourth-order valence-corrected chi connectivity index (χ4v) is 2.66. The third kappa shape index (κ3) is 3.28. The molecule has 1 amide bonds. The first-order valence-electron chi connectivity index (χ1n) is 6.95. The molecule has 1 aliphatic carbocycles. The lowest BCUT2D eigenvalue weighted by atomic mass is 9.62. The molecule has 1 heterocycles. The normalized spacial score (nSPS) is 25.7. The molecular formula is C15H23N3O2. The van der Waals surface area contributed by atoms with E-state index in [0.717, 1.165) is 18.4 Å². The minimum absolute atomic E-state index is 0.0616. The summed E-state index contributed by atoms with van der Waals surface area (Å²) >= 11 is 0. The van der Waals surface area contributed by atoms with E-state index >= 15 is 0 Å². The van der Waals surface area contributed by atoms with E-state index < -0.39 is 5.60 Å². The number of aromatic nitrogens is 1. The highest BCUT2D eigenvalue weighted by molar-refractivity contribution is 5.68. The molecule has 5 nitrogen and oxygen atoms in total. The molecule has 1 aliphatic rings. The summed E-state index contributed by atoms with van der Waals surface area (Å²) < 4.78 is 5.26. The Morgan fingerprint density at radius 2 is 2.25 bits per heavy atom. The molecule has 0 aromatic carbocycles. The first-order chi connectivity index (χ1) is 9.35. The van der Waals surface area contributed by atoms with Crippen LogP contribution in [0.3, 0.4) is 0 Å². The van der Waals surface area contributed by atoms with E-state index in [2.05, 4.69) is 10.3 Å². The van der Waals surface area contributed by atoms with Gasteiger partial charge in [0.05, 0.1) is 0 Å². The maximum atomic E-state index is 11.7. The first-order valence-corrected chi connectivity index (χ1v) is 6.95. The average Bonchev–Trinajstić information content (AvgIpc) is 2.32. The number of hydrogen-bond acceptors (Lipinski definition) is 4. The largest absolute Gasteiger partial charge is 0.444 e. The maximum Gasteiger partial charge on any atom is 0.407 e. The lowest BCUT2D eigenvalue weighted by Crippen LogP contribution is -2.57. The summed E-state index contributed by atoms with van der Waals surface area (Å²) in [6, 6.07) is 4.08. The van der Waals surface area contributed by atoms with E-state index in [-0.39, 0.29) is 17.6 Å². The van der Waals surface area contributed by atoms with Crippen LogP contribution in [0.2, 0.25) is 0 Å². The molecule has 0 saturated heterocycles. The van der Waals surface area contributed by atoms with Gasteiger partial charge < -0.3 is 15.8 Å². The van der Waals surface area contributed by atoms with Crippen LogP contribution in [0.25, 0.3) is 0 Å². The van der Waals surface area contributed by atoms with Gasteiger partial charge in [-0.1, -0.05) is 6.07 Å². The molecule has 5 heteroatoms. The molecule has 1 fully saturated rings. The molecule has 1 aromatic heterocycles. The summed E-state index contributed by atoms with van der Waals surface area (Å²) in [6.45, 7) is 6.12. The number of ether oxygens (including phenoxy) is 1. The molecular weight excluding hydrogens is 254 g/mol. The molecule has 110 valence electrons. The Morgan fingerprint density at radius 3 is 2.75 bits per heavy atom. The number of alkyl carbamates (subject to hydrolysis) is 1. The Bertz CT molecular complexity index is 462. The number of amides is 1. The number of nitrogens with two attached hydrogens (primary N) is 1. The smallest absolute Gasteiger partial charge is 0.407 e. The zero-order valence-electron chi connectivity index (χ0n) is 12.3. The van der Waals surface area contributed by atoms with Gasteiger partial charge in [-0.3, -0.25) is 4.98 Å². The monoisotopic (exact) mass is 277 g/mol. The second-order valence-corrected chi connectivity index (χ2v) is 6.48. The van der Waals surface area contributed by atoms with Gasteiger partial charge in [-0.2, -0.15) is 0 Å². The van der Waals surface area contributed by atoms with Crippen molar-refractivity contribution in [2.45, 2.75) is 50.7 Å². The highest BCUT2D eigenvalue weighted by Gasteiger charge is 2.45. The second-order valence-electron chi connectivity index (χ2n) is 6.48. The number of nitrogens with one attached hydrogen (secondary N) is 1. The summed E-state index contributed by atoms with van der Waals surface area (Å²) in [5, 5.41) is 2.89. The van der Waals surface area contributed by atoms with Crippen molar-refractivity contribution in [1.29, 1.82) is 0 Å². The van der Waals surface area contributed by atoms with E-state index in [0.29, 0.717) is 6.54 Å². The molecule has 1 aromatic rings. The van der Waals surface area contributed by atoms with Crippen LogP contribution in [0.4, 0.5) is 4.79 Å². The van der Waals surface area contributed by atoms with Crippen LogP contribution in [-0.4, -0.2) is 29.3 Å². The SMILES string of the molecule is CC(C)(C)OC(=O)NC1CC(CN)(c2cccnc2)C1. The van der Waals surface area contributed by atoms with Gasteiger partial charge in [0.25, 0.3) is 0 Å². The maximum absolute atomic E-state index is 11.7. The number of nitrogens with zero attached hydrogens (tertiary/aromatic N) is 1. The molecule has 0 spiro atoms. The number of carbonyl (C=O) groups excluding carboxylic acids is 1. The lowest BCUT2D eigenvalue weighted by Gasteiger charge is -2.47. The Hall–Kier alpha value is -1.62. The minimum Gasteiger partial charge on any atom is -0.444 e. The second kappa shape index (κ2) is 5.40. The molecule has 0 atom stereocenters. The fraction of sp³-hybridized carbons (Fsp3) is 0.600. The quantitative estimate of drug-likeness (QED) is 0.885. The Balaban J connectivity index is 1.91. The van der Waals surface area contributed by atoms with Gasteiger partial charge in [0.15, 0.2) is 0 Å². The summed E-state index contributed by atoms with van der Waals surface area (Å²) in [5.41, 5.74) is 6.54. The predicted octanol–water partition coefficient (Wildman–Crippen LogP) is 1.97. The minimum atomic E-state index is -0.470. The Morgan fingerprint density at radius 1 is 1.55 bits per heavy atom. The third-order valence-electron chi connectivity index (χ3n) is 3.66. The average molecular weight is 277 g/mol. The standard InChI is InChI=1S/C15H23N3O2/c1-14(2,3)20-13(19)18-12-7-15(8-12,10-16)11-5-4-6-17-9-11/h4-6,9,12H,7-8,10,16H2,1-3H3,(H,18,19). The van der Waals surface area contributed by atoms with Crippen LogP contribution in [-0.2, 0) is 10.2 Å². The molecule has 0 unspecified atom stereocenters. The van der Waals surface area contributed by atoms with Crippen LogP contribution >= 0.6 is 0 Å². The number of carbonyl (C=O) groups is 1. The summed E-state index contributed by atoms with van der Waals surface area (Å²) in [5.74, 6) is 0. The van der Waals surface area contributed by atoms with Crippen LogP contribution < -0.4 is 11.1 Å². The van der Waals surface area contributed by atoms with E-state index in [1.54, 1.807) is 6.20 Å². The van der Waals surface area contributed by atoms with E-state index in [1.165, 1.54) is 0 Å². The summed E-state index contributed by atoms with van der Waals surface area (Å²) in [7, 11) is 0. The van der Waals surface area contributed by atoms with Gasteiger partial charge in [0.1, 0.15) is 5.60 Å². The van der Waals surface area contributed by atoms with E-state index in [9.17, 15) is 4.79 Å². The zero-order valence-corrected chi connectivity index (χ0v) is 12.3. The first kappa shape index (κ1) is 14.8. The van der Waals surface area contributed by atoms with E-state index in [1.807, 2.05) is 39.1 Å². The molecule has 0 bridgehead atoms. The Labute approximate surface area is 119 Å². The van der Waals surface area contributed by atoms with Crippen LogP contribution in [0.15, 0.2) is 24.5 Å². The highest BCUT2D eigenvalue weighted by atomic mass is 16.6. The fourth-order valence-electron chi connectivity index (χ4n) is 2.66. The Kier molecular flexibility index (Phi) is 3.99. The van der Waals surface area contributed by atoms with Crippen LogP contribution in [0.5, 0.6) is 0 Å². The van der Waals surface area contributed by atoms with Gasteiger partial charge in [-0.15, -0.1) is 0 Å². The van der Waals surface area contributed by atoms with Crippen LogP contribution in [0.1, 0.15) is 39.2 Å². The van der Waals surface area contributed by atoms with Gasteiger partial charge in [-0.05, 0) is 45.2 Å². The number of rotatable bonds is 3. The predicted molar refractivity (Wildman–Crippen MR) is 77.4 cm³/mol. The lowest BCUT2D eigenvalue weighted by molar-refractivity contribution is 0.0434. The van der Waals surface area contributed by atoms with Crippen molar-refractivity contribution in [3.63, 3.8) is 0 Å². The van der Waals surface area contributed by atoms with Gasteiger partial charge in [0.2, 0.25) is 0 Å². The van der Waals surface area contributed by atoms with Crippen molar-refractivity contribution in [3.8, 4) is 0 Å². The van der Waals surface area contributed by atoms with Gasteiger partial charge >= 0.3 is 6.09 Å². The number of pyridine rings is 1. The third-order valence-corrected chi connectivity index (χ3v) is 3.66. The van der Waals surface area contributed by atoms with E-state index in [4.69, 9.17) is 10.5 Å². The van der Waals surface area contributed by atoms with Crippen molar-refractivity contribution in [3.05, 3.63) is 30.1 Å². The molecule has 1 saturated carbocycles. The van der Waals surface area contributed by atoms with Crippen molar-refractivity contribution in [2.24, 2.45) is 5.73 Å². The van der Waals surface area contributed by atoms with Gasteiger partial charge in [-0.25, -0.2) is 4.79 Å². The highest BCUT2D eigenvalue weighted by Crippen LogP contribution is 2.42. The topological polar surface area (TPSA) is 77.2 Å². The summed E-state index contributed by atoms with van der Waals surface area (Å²) in [6.07, 6.45) is 4.90.